The molecule has 1 aromatic carbocycles. The van der Waals surface area contributed by atoms with Gasteiger partial charge >= 0.3 is 0 Å². The van der Waals surface area contributed by atoms with E-state index >= 15 is 0 Å². The summed E-state index contributed by atoms with van der Waals surface area (Å²) < 4.78 is 5.66. The number of nitrogens with zero attached hydrogens (tertiary/aromatic N) is 2. The Morgan fingerprint density at radius 1 is 1.33 bits per heavy atom. The van der Waals surface area contributed by atoms with Crippen molar-refractivity contribution in [3.8, 4) is 5.75 Å². The molecular formula is C17H19N3O4. The fraction of sp³-hybridized carbons (Fsp3) is 0.294. The Morgan fingerprint density at radius 3 is 2.75 bits per heavy atom. The number of aryl methyl sites for hydroxylation is 2. The number of pyridine rings is 1. The number of benzene rings is 1. The number of anilines is 1. The van der Waals surface area contributed by atoms with Crippen molar-refractivity contribution in [3.63, 3.8) is 0 Å². The summed E-state index contributed by atoms with van der Waals surface area (Å²) in [6.45, 7) is 6.02. The Balaban J connectivity index is 2.32. The van der Waals surface area contributed by atoms with Crippen molar-refractivity contribution in [1.82, 2.24) is 4.98 Å². The molecular weight excluding hydrogens is 310 g/mol. The van der Waals surface area contributed by atoms with Gasteiger partial charge in [0.05, 0.1) is 17.2 Å². The maximum Gasteiger partial charge on any atom is 0.271 e. The average Bonchev–Trinajstić information content (AvgIpc) is 2.52. The van der Waals surface area contributed by atoms with Crippen LogP contribution in [0, 0.1) is 24.0 Å². The summed E-state index contributed by atoms with van der Waals surface area (Å²) in [7, 11) is 0. The molecule has 0 radical (unpaired) electrons. The monoisotopic (exact) mass is 329 g/mol. The number of carbonyl (C=O) groups excluding carboxylic acids is 1. The van der Waals surface area contributed by atoms with E-state index in [9.17, 15) is 14.9 Å². The summed E-state index contributed by atoms with van der Waals surface area (Å²) in [6, 6.07) is 7.49. The van der Waals surface area contributed by atoms with Crippen LogP contribution in [0.15, 0.2) is 30.3 Å². The van der Waals surface area contributed by atoms with Gasteiger partial charge in [-0.1, -0.05) is 13.0 Å². The third-order valence-electron chi connectivity index (χ3n) is 3.30. The number of rotatable bonds is 6. The van der Waals surface area contributed by atoms with Crippen LogP contribution in [0.4, 0.5) is 11.4 Å². The van der Waals surface area contributed by atoms with E-state index in [0.717, 1.165) is 12.1 Å². The highest BCUT2D eigenvalue weighted by Gasteiger charge is 2.18. The predicted octanol–water partition coefficient (Wildman–Crippen LogP) is 3.65. The molecule has 1 N–H and O–H groups in total. The van der Waals surface area contributed by atoms with Gasteiger partial charge in [-0.3, -0.25) is 19.9 Å². The van der Waals surface area contributed by atoms with Crippen molar-refractivity contribution in [2.75, 3.05) is 11.9 Å². The lowest BCUT2D eigenvalue weighted by molar-refractivity contribution is -0.384. The quantitative estimate of drug-likeness (QED) is 0.645. The van der Waals surface area contributed by atoms with Gasteiger partial charge in [0.25, 0.3) is 11.6 Å². The van der Waals surface area contributed by atoms with Gasteiger partial charge in [0.1, 0.15) is 11.3 Å². The summed E-state index contributed by atoms with van der Waals surface area (Å²) in [6.07, 6.45) is 0.812. The standard InChI is InChI=1S/C17H19N3O4/c1-4-8-24-15-9-11(2)18-12(3)16(15)17(21)19-13-6-5-7-14(10-13)20(22)23/h5-7,9-10H,4,8H2,1-3H3,(H,19,21). The van der Waals surface area contributed by atoms with Crippen LogP contribution in [0.3, 0.4) is 0 Å². The Kier molecular flexibility index (Phi) is 5.47. The minimum absolute atomic E-state index is 0.0889. The smallest absolute Gasteiger partial charge is 0.271 e. The highest BCUT2D eigenvalue weighted by atomic mass is 16.6. The molecule has 24 heavy (non-hydrogen) atoms. The zero-order valence-electron chi connectivity index (χ0n) is 13.8. The van der Waals surface area contributed by atoms with Crippen LogP contribution in [0.2, 0.25) is 0 Å². The average molecular weight is 329 g/mol. The molecule has 1 amide bonds. The molecule has 0 atom stereocenters. The van der Waals surface area contributed by atoms with E-state index in [-0.39, 0.29) is 5.69 Å². The molecule has 2 rings (SSSR count). The molecule has 2 aromatic rings. The van der Waals surface area contributed by atoms with Gasteiger partial charge in [-0.15, -0.1) is 0 Å². The van der Waals surface area contributed by atoms with E-state index in [1.807, 2.05) is 13.8 Å². The van der Waals surface area contributed by atoms with Gasteiger partial charge in [-0.2, -0.15) is 0 Å². The largest absolute Gasteiger partial charge is 0.493 e. The maximum atomic E-state index is 12.6. The highest BCUT2D eigenvalue weighted by molar-refractivity contribution is 6.07. The Labute approximate surface area is 139 Å². The van der Waals surface area contributed by atoms with Gasteiger partial charge in [0, 0.05) is 29.6 Å². The molecule has 0 bridgehead atoms. The summed E-state index contributed by atoms with van der Waals surface area (Å²) in [4.78, 5) is 27.2. The zero-order chi connectivity index (χ0) is 17.7. The van der Waals surface area contributed by atoms with E-state index < -0.39 is 10.8 Å². The van der Waals surface area contributed by atoms with E-state index in [4.69, 9.17) is 4.74 Å². The number of nitrogens with one attached hydrogen (secondary N) is 1. The zero-order valence-corrected chi connectivity index (χ0v) is 13.8. The minimum Gasteiger partial charge on any atom is -0.493 e. The van der Waals surface area contributed by atoms with Crippen LogP contribution in [-0.4, -0.2) is 22.4 Å². The van der Waals surface area contributed by atoms with Gasteiger partial charge in [0.2, 0.25) is 0 Å². The lowest BCUT2D eigenvalue weighted by Gasteiger charge is -2.14. The number of amides is 1. The fourth-order valence-corrected chi connectivity index (χ4v) is 2.29. The Bertz CT molecular complexity index is 774. The number of non-ortho nitro benzene ring substituents is 1. The predicted molar refractivity (Wildman–Crippen MR) is 90.5 cm³/mol. The summed E-state index contributed by atoms with van der Waals surface area (Å²) >= 11 is 0. The van der Waals surface area contributed by atoms with Crippen LogP contribution in [0.5, 0.6) is 5.75 Å². The van der Waals surface area contributed by atoms with Crippen molar-refractivity contribution in [2.24, 2.45) is 0 Å². The second kappa shape index (κ2) is 7.54. The fourth-order valence-electron chi connectivity index (χ4n) is 2.29. The Hall–Kier alpha value is -2.96. The van der Waals surface area contributed by atoms with Crippen molar-refractivity contribution < 1.29 is 14.5 Å². The van der Waals surface area contributed by atoms with Crippen molar-refractivity contribution in [2.45, 2.75) is 27.2 Å². The van der Waals surface area contributed by atoms with Crippen LogP contribution in [0.25, 0.3) is 0 Å². The number of aromatic nitrogens is 1. The molecule has 0 aliphatic rings. The molecule has 0 saturated heterocycles. The van der Waals surface area contributed by atoms with E-state index in [1.54, 1.807) is 19.1 Å². The van der Waals surface area contributed by atoms with E-state index in [1.165, 1.54) is 18.2 Å². The molecule has 0 fully saturated rings. The maximum absolute atomic E-state index is 12.6. The number of nitro groups is 1. The molecule has 7 nitrogen and oxygen atoms in total. The van der Waals surface area contributed by atoms with Gasteiger partial charge in [-0.25, -0.2) is 0 Å². The minimum atomic E-state index is -0.510. The lowest BCUT2D eigenvalue weighted by atomic mass is 10.1. The number of carbonyl (C=O) groups is 1. The summed E-state index contributed by atoms with van der Waals surface area (Å²) in [5.41, 5.74) is 1.89. The highest BCUT2D eigenvalue weighted by Crippen LogP contribution is 2.25. The number of nitro benzene ring substituents is 1. The topological polar surface area (TPSA) is 94.4 Å². The van der Waals surface area contributed by atoms with Gasteiger partial charge in [0.15, 0.2) is 0 Å². The molecule has 126 valence electrons. The molecule has 7 heteroatoms. The number of ether oxygens (including phenoxy) is 1. The summed E-state index contributed by atoms with van der Waals surface area (Å²) in [5.74, 6) is 0.0522. The van der Waals surface area contributed by atoms with Gasteiger partial charge < -0.3 is 10.1 Å². The molecule has 1 heterocycles. The first-order chi connectivity index (χ1) is 11.4. The molecule has 1 aromatic heterocycles. The van der Waals surface area contributed by atoms with Crippen LogP contribution in [0.1, 0.15) is 35.1 Å². The third-order valence-corrected chi connectivity index (χ3v) is 3.30. The first-order valence-corrected chi connectivity index (χ1v) is 7.59. The van der Waals surface area contributed by atoms with Gasteiger partial charge in [-0.05, 0) is 26.3 Å². The van der Waals surface area contributed by atoms with Crippen molar-refractivity contribution in [3.05, 3.63) is 57.4 Å². The third kappa shape index (κ3) is 4.07. The summed E-state index contributed by atoms with van der Waals surface area (Å²) in [5, 5.41) is 13.5. The van der Waals surface area contributed by atoms with Crippen LogP contribution >= 0.6 is 0 Å². The Morgan fingerprint density at radius 2 is 2.08 bits per heavy atom. The first-order valence-electron chi connectivity index (χ1n) is 7.59. The number of hydrogen-bond acceptors (Lipinski definition) is 5. The van der Waals surface area contributed by atoms with E-state index in [0.29, 0.717) is 29.3 Å². The molecule has 0 spiro atoms. The molecule has 0 aliphatic carbocycles. The second-order valence-corrected chi connectivity index (χ2v) is 5.33. The lowest BCUT2D eigenvalue weighted by Crippen LogP contribution is -2.17. The second-order valence-electron chi connectivity index (χ2n) is 5.33. The van der Waals surface area contributed by atoms with E-state index in [2.05, 4.69) is 10.3 Å². The molecule has 0 aliphatic heterocycles. The first kappa shape index (κ1) is 17.4. The SMILES string of the molecule is CCCOc1cc(C)nc(C)c1C(=O)Nc1cccc([N+](=O)[O-])c1. The van der Waals surface area contributed by atoms with Crippen molar-refractivity contribution in [1.29, 1.82) is 0 Å². The number of hydrogen-bond donors (Lipinski definition) is 1. The van der Waals surface area contributed by atoms with Crippen LogP contribution in [-0.2, 0) is 0 Å². The van der Waals surface area contributed by atoms with Crippen LogP contribution < -0.4 is 10.1 Å². The van der Waals surface area contributed by atoms with Crippen molar-refractivity contribution >= 4 is 17.3 Å². The normalized spacial score (nSPS) is 10.3. The molecule has 0 unspecified atom stereocenters. The molecule has 0 saturated carbocycles.